The van der Waals surface area contributed by atoms with Crippen molar-refractivity contribution in [3.05, 3.63) is 71.3 Å². The van der Waals surface area contributed by atoms with Crippen LogP contribution in [0, 0.1) is 17.2 Å². The number of benzene rings is 2. The van der Waals surface area contributed by atoms with E-state index < -0.39 is 22.1 Å². The molecule has 3 rings (SSSR count). The van der Waals surface area contributed by atoms with E-state index in [0.29, 0.717) is 36.9 Å². The van der Waals surface area contributed by atoms with Crippen LogP contribution < -0.4 is 10.0 Å². The zero-order valence-corrected chi connectivity index (χ0v) is 20.9. The van der Waals surface area contributed by atoms with Crippen LogP contribution in [0.5, 0.6) is 0 Å². The summed E-state index contributed by atoms with van der Waals surface area (Å²) in [5, 5.41) is 11.8. The molecule has 0 spiro atoms. The number of nitrogens with zero attached hydrogens (tertiary/aromatic N) is 2. The SMILES string of the molecule is CC(C)C[C@H](NS(=O)(=O)Cc1ccccc1)C(=O)N1CCC[C@H]1C(=O)NCc1ccc(C#N)cc1. The number of rotatable bonds is 10. The number of nitriles is 1. The summed E-state index contributed by atoms with van der Waals surface area (Å²) in [7, 11) is -3.76. The van der Waals surface area contributed by atoms with Crippen LogP contribution in [0.3, 0.4) is 0 Å². The van der Waals surface area contributed by atoms with Crippen LogP contribution >= 0.6 is 0 Å². The third kappa shape index (κ3) is 7.64. The number of carbonyl (C=O) groups is 2. The molecular weight excluding hydrogens is 464 g/mol. The van der Waals surface area contributed by atoms with Crippen LogP contribution in [0.1, 0.15) is 49.8 Å². The van der Waals surface area contributed by atoms with Crippen LogP contribution in [0.15, 0.2) is 54.6 Å². The molecule has 1 heterocycles. The Labute approximate surface area is 207 Å². The molecule has 8 nitrogen and oxygen atoms in total. The van der Waals surface area contributed by atoms with Crippen molar-refractivity contribution in [2.75, 3.05) is 6.54 Å². The van der Waals surface area contributed by atoms with Gasteiger partial charge in [-0.15, -0.1) is 0 Å². The first-order valence-corrected chi connectivity index (χ1v) is 13.4. The Balaban J connectivity index is 1.67. The van der Waals surface area contributed by atoms with E-state index in [4.69, 9.17) is 5.26 Å². The van der Waals surface area contributed by atoms with Crippen LogP contribution in [-0.4, -0.2) is 43.8 Å². The molecule has 0 aromatic heterocycles. The first-order chi connectivity index (χ1) is 16.7. The van der Waals surface area contributed by atoms with Gasteiger partial charge in [0.05, 0.1) is 17.4 Å². The summed E-state index contributed by atoms with van der Waals surface area (Å²) in [5.41, 5.74) is 2.02. The summed E-state index contributed by atoms with van der Waals surface area (Å²) in [6.45, 7) is 4.54. The minimum atomic E-state index is -3.76. The highest BCUT2D eigenvalue weighted by molar-refractivity contribution is 7.88. The molecule has 0 unspecified atom stereocenters. The molecule has 2 aromatic carbocycles. The summed E-state index contributed by atoms with van der Waals surface area (Å²) in [6.07, 6.45) is 1.53. The van der Waals surface area contributed by atoms with Crippen molar-refractivity contribution in [1.29, 1.82) is 5.26 Å². The van der Waals surface area contributed by atoms with Crippen molar-refractivity contribution >= 4 is 21.8 Å². The second-order valence-electron chi connectivity index (χ2n) is 9.26. The fraction of sp³-hybridized carbons (Fsp3) is 0.423. The predicted octanol–water partition coefficient (Wildman–Crippen LogP) is 2.70. The van der Waals surface area contributed by atoms with E-state index in [1.165, 1.54) is 4.90 Å². The first-order valence-electron chi connectivity index (χ1n) is 11.8. The van der Waals surface area contributed by atoms with Gasteiger partial charge in [-0.25, -0.2) is 13.1 Å². The zero-order valence-electron chi connectivity index (χ0n) is 20.1. The highest BCUT2D eigenvalue weighted by atomic mass is 32.2. The molecule has 1 fully saturated rings. The van der Waals surface area contributed by atoms with Crippen molar-refractivity contribution in [2.24, 2.45) is 5.92 Å². The van der Waals surface area contributed by atoms with Gasteiger partial charge in [-0.2, -0.15) is 5.26 Å². The predicted molar refractivity (Wildman–Crippen MR) is 133 cm³/mol. The number of hydrogen-bond donors (Lipinski definition) is 2. The first kappa shape index (κ1) is 26.4. The molecule has 186 valence electrons. The Kier molecular flexibility index (Phi) is 9.01. The average Bonchev–Trinajstić information content (AvgIpc) is 3.32. The summed E-state index contributed by atoms with van der Waals surface area (Å²) >= 11 is 0. The van der Waals surface area contributed by atoms with Crippen molar-refractivity contribution < 1.29 is 18.0 Å². The fourth-order valence-electron chi connectivity index (χ4n) is 4.23. The lowest BCUT2D eigenvalue weighted by Gasteiger charge is -2.29. The largest absolute Gasteiger partial charge is 0.350 e. The maximum atomic E-state index is 13.5. The summed E-state index contributed by atoms with van der Waals surface area (Å²) in [4.78, 5) is 27.9. The maximum Gasteiger partial charge on any atom is 0.243 e. The van der Waals surface area contributed by atoms with Gasteiger partial charge in [0.2, 0.25) is 21.8 Å². The van der Waals surface area contributed by atoms with Gasteiger partial charge in [0.15, 0.2) is 0 Å². The lowest BCUT2D eigenvalue weighted by molar-refractivity contribution is -0.140. The second-order valence-corrected chi connectivity index (χ2v) is 11.0. The van der Waals surface area contributed by atoms with Crippen molar-refractivity contribution in [1.82, 2.24) is 14.9 Å². The number of nitrogens with one attached hydrogen (secondary N) is 2. The Morgan fingerprint density at radius 1 is 1.09 bits per heavy atom. The summed E-state index contributed by atoms with van der Waals surface area (Å²) in [6, 6.07) is 16.2. The van der Waals surface area contributed by atoms with Crippen molar-refractivity contribution in [3.8, 4) is 6.07 Å². The number of hydrogen-bond acceptors (Lipinski definition) is 5. The van der Waals surface area contributed by atoms with E-state index in [1.54, 1.807) is 48.5 Å². The Morgan fingerprint density at radius 2 is 1.77 bits per heavy atom. The molecule has 2 N–H and O–H groups in total. The van der Waals surface area contributed by atoms with E-state index >= 15 is 0 Å². The minimum absolute atomic E-state index is 0.0784. The van der Waals surface area contributed by atoms with E-state index in [2.05, 4.69) is 16.1 Å². The lowest BCUT2D eigenvalue weighted by atomic mass is 10.0. The fourth-order valence-corrected chi connectivity index (χ4v) is 5.58. The van der Waals surface area contributed by atoms with Gasteiger partial charge >= 0.3 is 0 Å². The normalized spacial score (nSPS) is 16.6. The summed E-state index contributed by atoms with van der Waals surface area (Å²) < 4.78 is 28.3. The molecule has 2 aromatic rings. The number of sulfonamides is 1. The van der Waals surface area contributed by atoms with Crippen LogP contribution in [0.2, 0.25) is 0 Å². The molecule has 35 heavy (non-hydrogen) atoms. The van der Waals surface area contributed by atoms with Gasteiger partial charge in [-0.05, 0) is 48.4 Å². The lowest BCUT2D eigenvalue weighted by Crippen LogP contribution is -2.53. The molecule has 2 atom stereocenters. The summed E-state index contributed by atoms with van der Waals surface area (Å²) in [5.74, 6) is -0.777. The van der Waals surface area contributed by atoms with Crippen LogP contribution in [0.25, 0.3) is 0 Å². The van der Waals surface area contributed by atoms with Gasteiger partial charge in [0.25, 0.3) is 0 Å². The smallest absolute Gasteiger partial charge is 0.243 e. The molecule has 1 aliphatic rings. The minimum Gasteiger partial charge on any atom is -0.350 e. The van der Waals surface area contributed by atoms with E-state index in [-0.39, 0.29) is 30.0 Å². The number of amides is 2. The number of carbonyl (C=O) groups excluding carboxylic acids is 2. The van der Waals surface area contributed by atoms with E-state index in [9.17, 15) is 18.0 Å². The highest BCUT2D eigenvalue weighted by Crippen LogP contribution is 2.21. The third-order valence-corrected chi connectivity index (χ3v) is 7.27. The van der Waals surface area contributed by atoms with Crippen molar-refractivity contribution in [2.45, 2.75) is 57.5 Å². The van der Waals surface area contributed by atoms with E-state index in [1.807, 2.05) is 19.9 Å². The average molecular weight is 497 g/mol. The standard InChI is InChI=1S/C26H32N4O4S/c1-19(2)15-23(29-35(33,34)18-22-7-4-3-5-8-22)26(32)30-14-6-9-24(30)25(31)28-17-21-12-10-20(16-27)11-13-21/h3-5,7-8,10-13,19,23-24,29H,6,9,14-15,17-18H2,1-2H3,(H,28,31)/t23-,24-/m0/s1. The van der Waals surface area contributed by atoms with Gasteiger partial charge in [-0.3, -0.25) is 9.59 Å². The molecule has 1 saturated heterocycles. The molecular formula is C26H32N4O4S. The molecule has 9 heteroatoms. The topological polar surface area (TPSA) is 119 Å². The van der Waals surface area contributed by atoms with Crippen molar-refractivity contribution in [3.63, 3.8) is 0 Å². The molecule has 0 saturated carbocycles. The third-order valence-electron chi connectivity index (χ3n) is 5.91. The second kappa shape index (κ2) is 12.0. The van der Waals surface area contributed by atoms with Crippen LogP contribution in [0.4, 0.5) is 0 Å². The Morgan fingerprint density at radius 3 is 2.40 bits per heavy atom. The van der Waals surface area contributed by atoms with Gasteiger partial charge < -0.3 is 10.2 Å². The van der Waals surface area contributed by atoms with Gasteiger partial charge in [0.1, 0.15) is 12.1 Å². The maximum absolute atomic E-state index is 13.5. The van der Waals surface area contributed by atoms with Gasteiger partial charge in [-0.1, -0.05) is 56.3 Å². The monoisotopic (exact) mass is 496 g/mol. The molecule has 1 aliphatic heterocycles. The van der Waals surface area contributed by atoms with Crippen LogP contribution in [-0.2, 0) is 31.9 Å². The number of likely N-dealkylation sites (tertiary alicyclic amines) is 1. The molecule has 0 bridgehead atoms. The quantitative estimate of drug-likeness (QED) is 0.524. The van der Waals surface area contributed by atoms with Gasteiger partial charge in [0, 0.05) is 13.1 Å². The molecule has 2 amide bonds. The highest BCUT2D eigenvalue weighted by Gasteiger charge is 2.38. The zero-order chi connectivity index (χ0) is 25.4. The molecule has 0 radical (unpaired) electrons. The Bertz CT molecular complexity index is 1160. The molecule has 0 aliphatic carbocycles. The Hall–Kier alpha value is -3.22. The van der Waals surface area contributed by atoms with E-state index in [0.717, 1.165) is 5.56 Å².